The van der Waals surface area contributed by atoms with Crippen molar-refractivity contribution in [3.8, 4) is 0 Å². The molecular formula is C14H18ClFO. The van der Waals surface area contributed by atoms with Crippen LogP contribution in [0.4, 0.5) is 4.39 Å². The Labute approximate surface area is 107 Å². The average Bonchev–Trinajstić information content (AvgIpc) is 2.34. The lowest BCUT2D eigenvalue weighted by Gasteiger charge is -2.35. The maximum absolute atomic E-state index is 13.7. The standard InChI is InChI=1S/C14H18ClFO/c15-12-5-4-11(13(16)8-12)9-14(10-17)6-2-1-3-7-14/h4-5,8,17H,1-3,6-7,9-10H2. The van der Waals surface area contributed by atoms with E-state index in [4.69, 9.17) is 11.6 Å². The van der Waals surface area contributed by atoms with E-state index in [9.17, 15) is 9.50 Å². The van der Waals surface area contributed by atoms with Gasteiger partial charge >= 0.3 is 0 Å². The summed E-state index contributed by atoms with van der Waals surface area (Å²) in [6.07, 6.45) is 6.10. The monoisotopic (exact) mass is 256 g/mol. The zero-order valence-electron chi connectivity index (χ0n) is 9.88. The van der Waals surface area contributed by atoms with Crippen LogP contribution in [0.2, 0.25) is 5.02 Å². The highest BCUT2D eigenvalue weighted by atomic mass is 35.5. The second-order valence-corrected chi connectivity index (χ2v) is 5.57. The molecule has 0 amide bonds. The van der Waals surface area contributed by atoms with Gasteiger partial charge in [0.2, 0.25) is 0 Å². The first-order chi connectivity index (χ1) is 8.15. The lowest BCUT2D eigenvalue weighted by atomic mass is 9.71. The van der Waals surface area contributed by atoms with Gasteiger partial charge < -0.3 is 5.11 Å². The molecule has 1 aliphatic carbocycles. The van der Waals surface area contributed by atoms with E-state index in [0.717, 1.165) is 25.7 Å². The van der Waals surface area contributed by atoms with Crippen LogP contribution in [0.5, 0.6) is 0 Å². The predicted octanol–water partition coefficient (Wildman–Crippen LogP) is 3.96. The maximum atomic E-state index is 13.7. The molecule has 0 aromatic heterocycles. The van der Waals surface area contributed by atoms with Crippen molar-refractivity contribution in [2.75, 3.05) is 6.61 Å². The van der Waals surface area contributed by atoms with E-state index in [1.807, 2.05) is 0 Å². The summed E-state index contributed by atoms with van der Waals surface area (Å²) in [5, 5.41) is 10.0. The second kappa shape index (κ2) is 5.36. The fraction of sp³-hybridized carbons (Fsp3) is 0.571. The highest BCUT2D eigenvalue weighted by Gasteiger charge is 2.32. The van der Waals surface area contributed by atoms with Crippen LogP contribution in [0.3, 0.4) is 0 Å². The minimum Gasteiger partial charge on any atom is -0.396 e. The third-order valence-corrected chi connectivity index (χ3v) is 4.07. The first-order valence-electron chi connectivity index (χ1n) is 6.20. The molecule has 0 unspecified atom stereocenters. The Bertz CT molecular complexity index is 386. The molecule has 1 nitrogen and oxygen atoms in total. The molecule has 0 saturated heterocycles. The number of halogens is 2. The average molecular weight is 257 g/mol. The summed E-state index contributed by atoms with van der Waals surface area (Å²) in [5.74, 6) is -0.254. The van der Waals surface area contributed by atoms with Gasteiger partial charge in [0.05, 0.1) is 0 Å². The van der Waals surface area contributed by atoms with E-state index in [2.05, 4.69) is 0 Å². The van der Waals surface area contributed by atoms with Crippen LogP contribution in [-0.2, 0) is 6.42 Å². The minimum atomic E-state index is -0.254. The Kier molecular flexibility index (Phi) is 4.05. The van der Waals surface area contributed by atoms with Crippen molar-refractivity contribution in [3.05, 3.63) is 34.6 Å². The summed E-state index contributed by atoms with van der Waals surface area (Å²) >= 11 is 5.74. The van der Waals surface area contributed by atoms with Crippen molar-refractivity contribution in [1.29, 1.82) is 0 Å². The van der Waals surface area contributed by atoms with Crippen LogP contribution in [0.1, 0.15) is 37.7 Å². The van der Waals surface area contributed by atoms with Crippen molar-refractivity contribution >= 4 is 11.6 Å². The van der Waals surface area contributed by atoms with E-state index in [1.54, 1.807) is 12.1 Å². The van der Waals surface area contributed by atoms with Gasteiger partial charge in [0.15, 0.2) is 0 Å². The third-order valence-electron chi connectivity index (χ3n) is 3.83. The van der Waals surface area contributed by atoms with Gasteiger partial charge in [-0.1, -0.05) is 36.9 Å². The topological polar surface area (TPSA) is 20.2 Å². The molecule has 17 heavy (non-hydrogen) atoms. The van der Waals surface area contributed by atoms with Gasteiger partial charge in [0, 0.05) is 11.6 Å². The molecule has 94 valence electrons. The van der Waals surface area contributed by atoms with Crippen LogP contribution in [-0.4, -0.2) is 11.7 Å². The van der Waals surface area contributed by atoms with Gasteiger partial charge in [-0.15, -0.1) is 0 Å². The lowest BCUT2D eigenvalue weighted by Crippen LogP contribution is -2.31. The molecule has 0 aliphatic heterocycles. The zero-order chi connectivity index (χ0) is 12.3. The summed E-state index contributed by atoms with van der Waals surface area (Å²) in [6.45, 7) is 0.148. The Morgan fingerprint density at radius 2 is 1.94 bits per heavy atom. The van der Waals surface area contributed by atoms with Crippen LogP contribution >= 0.6 is 11.6 Å². The summed E-state index contributed by atoms with van der Waals surface area (Å²) < 4.78 is 13.7. The van der Waals surface area contributed by atoms with Crippen LogP contribution in [0.25, 0.3) is 0 Å². The van der Waals surface area contributed by atoms with Gasteiger partial charge in [-0.25, -0.2) is 4.39 Å². The van der Waals surface area contributed by atoms with E-state index in [1.165, 1.54) is 12.5 Å². The first kappa shape index (κ1) is 12.8. The summed E-state index contributed by atoms with van der Waals surface area (Å²) in [6, 6.07) is 4.81. The summed E-state index contributed by atoms with van der Waals surface area (Å²) in [7, 11) is 0. The summed E-state index contributed by atoms with van der Waals surface area (Å²) in [4.78, 5) is 0. The Morgan fingerprint density at radius 3 is 2.53 bits per heavy atom. The summed E-state index contributed by atoms with van der Waals surface area (Å²) in [5.41, 5.74) is 0.553. The van der Waals surface area contributed by atoms with Gasteiger partial charge in [-0.05, 0) is 42.4 Å². The highest BCUT2D eigenvalue weighted by Crippen LogP contribution is 2.39. The van der Waals surface area contributed by atoms with Gasteiger partial charge in [-0.3, -0.25) is 0 Å². The molecule has 0 heterocycles. The fourth-order valence-electron chi connectivity index (χ4n) is 2.76. The minimum absolute atomic E-state index is 0.118. The first-order valence-corrected chi connectivity index (χ1v) is 6.58. The second-order valence-electron chi connectivity index (χ2n) is 5.13. The number of aliphatic hydroxyl groups is 1. The molecule has 0 spiro atoms. The van der Waals surface area contributed by atoms with Crippen molar-refractivity contribution < 1.29 is 9.50 Å². The molecule has 1 aromatic rings. The SMILES string of the molecule is OCC1(Cc2ccc(Cl)cc2F)CCCCC1. The van der Waals surface area contributed by atoms with Crippen LogP contribution in [0, 0.1) is 11.2 Å². The van der Waals surface area contributed by atoms with E-state index in [-0.39, 0.29) is 17.8 Å². The molecule has 2 rings (SSSR count). The smallest absolute Gasteiger partial charge is 0.127 e. The van der Waals surface area contributed by atoms with Crippen molar-refractivity contribution in [3.63, 3.8) is 0 Å². The van der Waals surface area contributed by atoms with E-state index >= 15 is 0 Å². The van der Waals surface area contributed by atoms with Crippen molar-refractivity contribution in [1.82, 2.24) is 0 Å². The van der Waals surface area contributed by atoms with Crippen molar-refractivity contribution in [2.45, 2.75) is 38.5 Å². The number of hydrogen-bond donors (Lipinski definition) is 1. The molecule has 1 aromatic carbocycles. The van der Waals surface area contributed by atoms with Gasteiger partial charge in [-0.2, -0.15) is 0 Å². The van der Waals surface area contributed by atoms with E-state index in [0.29, 0.717) is 17.0 Å². The largest absolute Gasteiger partial charge is 0.396 e. The Morgan fingerprint density at radius 1 is 1.24 bits per heavy atom. The lowest BCUT2D eigenvalue weighted by molar-refractivity contribution is 0.0815. The number of aliphatic hydroxyl groups excluding tert-OH is 1. The highest BCUT2D eigenvalue weighted by molar-refractivity contribution is 6.30. The predicted molar refractivity (Wildman–Crippen MR) is 67.7 cm³/mol. The molecule has 1 fully saturated rings. The van der Waals surface area contributed by atoms with Gasteiger partial charge in [0.25, 0.3) is 0 Å². The van der Waals surface area contributed by atoms with E-state index < -0.39 is 0 Å². The maximum Gasteiger partial charge on any atom is 0.127 e. The zero-order valence-corrected chi connectivity index (χ0v) is 10.6. The Hall–Kier alpha value is -0.600. The Balaban J connectivity index is 2.17. The number of benzene rings is 1. The molecular weight excluding hydrogens is 239 g/mol. The normalized spacial score (nSPS) is 19.2. The molecule has 3 heteroatoms. The molecule has 0 atom stereocenters. The van der Waals surface area contributed by atoms with Crippen molar-refractivity contribution in [2.24, 2.45) is 5.41 Å². The van der Waals surface area contributed by atoms with Crippen LogP contribution < -0.4 is 0 Å². The fourth-order valence-corrected chi connectivity index (χ4v) is 2.92. The number of hydrogen-bond acceptors (Lipinski definition) is 1. The number of rotatable bonds is 3. The quantitative estimate of drug-likeness (QED) is 0.868. The molecule has 1 N–H and O–H groups in total. The molecule has 0 bridgehead atoms. The third kappa shape index (κ3) is 2.99. The van der Waals surface area contributed by atoms with Crippen LogP contribution in [0.15, 0.2) is 18.2 Å². The molecule has 0 radical (unpaired) electrons. The molecule has 1 aliphatic rings. The molecule has 1 saturated carbocycles. The van der Waals surface area contributed by atoms with Gasteiger partial charge in [0.1, 0.15) is 5.82 Å².